The quantitative estimate of drug-likeness (QED) is 0.873. The molecule has 1 aliphatic rings. The fourth-order valence-corrected chi connectivity index (χ4v) is 2.80. The van der Waals surface area contributed by atoms with Crippen molar-refractivity contribution in [1.82, 2.24) is 0 Å². The first-order chi connectivity index (χ1) is 9.40. The highest BCUT2D eigenvalue weighted by Crippen LogP contribution is 2.39. The number of aliphatic hydroxyl groups excluding tert-OH is 1. The van der Waals surface area contributed by atoms with Gasteiger partial charge in [0.1, 0.15) is 5.75 Å². The summed E-state index contributed by atoms with van der Waals surface area (Å²) in [6.07, 6.45) is -1.70. The van der Waals surface area contributed by atoms with Crippen molar-refractivity contribution in [1.29, 1.82) is 0 Å². The van der Waals surface area contributed by atoms with Gasteiger partial charge in [0.15, 0.2) is 0 Å². The maximum atomic E-state index is 13.0. The Kier molecular flexibility index (Phi) is 4.96. The molecule has 112 valence electrons. The molecule has 1 saturated carbocycles. The number of alkyl halides is 3. The molecule has 1 fully saturated rings. The number of ether oxygens (including phenoxy) is 1. The van der Waals surface area contributed by atoms with E-state index in [2.05, 4.69) is 15.9 Å². The van der Waals surface area contributed by atoms with Gasteiger partial charge in [-0.3, -0.25) is 0 Å². The largest absolute Gasteiger partial charge is 0.490 e. The summed E-state index contributed by atoms with van der Waals surface area (Å²) in [7, 11) is 0. The Labute approximate surface area is 124 Å². The van der Waals surface area contributed by atoms with Crippen LogP contribution < -0.4 is 4.74 Å². The predicted octanol–water partition coefficient (Wildman–Crippen LogP) is 4.40. The van der Waals surface area contributed by atoms with Gasteiger partial charge < -0.3 is 9.84 Å². The SMILES string of the molecule is OCC1CCC(Oc2ccc(Br)cc2C(F)(F)F)CC1. The first-order valence-corrected chi connectivity index (χ1v) is 7.33. The van der Waals surface area contributed by atoms with Gasteiger partial charge in [0, 0.05) is 11.1 Å². The van der Waals surface area contributed by atoms with Crippen molar-refractivity contribution in [2.75, 3.05) is 6.61 Å². The van der Waals surface area contributed by atoms with Crippen LogP contribution in [0.3, 0.4) is 0 Å². The topological polar surface area (TPSA) is 29.5 Å². The van der Waals surface area contributed by atoms with Crippen LogP contribution in [0.1, 0.15) is 31.2 Å². The van der Waals surface area contributed by atoms with E-state index in [1.54, 1.807) is 6.07 Å². The predicted molar refractivity (Wildman–Crippen MR) is 72.6 cm³/mol. The van der Waals surface area contributed by atoms with E-state index in [9.17, 15) is 13.2 Å². The molecule has 0 heterocycles. The molecule has 2 nitrogen and oxygen atoms in total. The number of hydrogen-bond donors (Lipinski definition) is 1. The summed E-state index contributed by atoms with van der Waals surface area (Å²) >= 11 is 3.05. The zero-order valence-electron chi connectivity index (χ0n) is 10.8. The van der Waals surface area contributed by atoms with Crippen LogP contribution in [0.2, 0.25) is 0 Å². The molecule has 0 saturated heterocycles. The van der Waals surface area contributed by atoms with Crippen LogP contribution in [0.15, 0.2) is 22.7 Å². The van der Waals surface area contributed by atoms with Gasteiger partial charge in [-0.05, 0) is 49.8 Å². The molecule has 6 heteroatoms. The van der Waals surface area contributed by atoms with E-state index < -0.39 is 11.7 Å². The molecule has 0 bridgehead atoms. The maximum absolute atomic E-state index is 13.0. The Bertz CT molecular complexity index is 454. The minimum Gasteiger partial charge on any atom is -0.490 e. The Morgan fingerprint density at radius 2 is 1.85 bits per heavy atom. The second-order valence-electron chi connectivity index (χ2n) is 5.08. The van der Waals surface area contributed by atoms with Crippen LogP contribution in [-0.4, -0.2) is 17.8 Å². The molecule has 1 aromatic rings. The fraction of sp³-hybridized carbons (Fsp3) is 0.571. The first kappa shape index (κ1) is 15.6. The molecule has 2 rings (SSSR count). The minimum atomic E-state index is -4.43. The Hall–Kier alpha value is -0.750. The van der Waals surface area contributed by atoms with Gasteiger partial charge in [-0.2, -0.15) is 13.2 Å². The van der Waals surface area contributed by atoms with E-state index in [0.717, 1.165) is 18.9 Å². The van der Waals surface area contributed by atoms with Crippen molar-refractivity contribution >= 4 is 15.9 Å². The van der Waals surface area contributed by atoms with E-state index >= 15 is 0 Å². The van der Waals surface area contributed by atoms with E-state index in [4.69, 9.17) is 9.84 Å². The van der Waals surface area contributed by atoms with Gasteiger partial charge in [0.05, 0.1) is 11.7 Å². The number of benzene rings is 1. The van der Waals surface area contributed by atoms with Crippen molar-refractivity contribution in [3.63, 3.8) is 0 Å². The van der Waals surface area contributed by atoms with Crippen molar-refractivity contribution in [3.8, 4) is 5.75 Å². The normalized spacial score (nSPS) is 23.6. The van der Waals surface area contributed by atoms with Gasteiger partial charge >= 0.3 is 6.18 Å². The van der Waals surface area contributed by atoms with Crippen LogP contribution in [-0.2, 0) is 6.18 Å². The molecule has 1 aliphatic carbocycles. The smallest absolute Gasteiger partial charge is 0.420 e. The van der Waals surface area contributed by atoms with Crippen LogP contribution in [0.4, 0.5) is 13.2 Å². The highest BCUT2D eigenvalue weighted by molar-refractivity contribution is 9.10. The summed E-state index contributed by atoms with van der Waals surface area (Å²) in [5, 5.41) is 9.05. The van der Waals surface area contributed by atoms with Crippen LogP contribution >= 0.6 is 15.9 Å². The van der Waals surface area contributed by atoms with E-state index in [0.29, 0.717) is 17.3 Å². The lowest BCUT2D eigenvalue weighted by Gasteiger charge is -2.28. The van der Waals surface area contributed by atoms with Gasteiger partial charge in [0.2, 0.25) is 0 Å². The third kappa shape index (κ3) is 3.88. The number of halogens is 4. The average Bonchev–Trinajstić information content (AvgIpc) is 2.40. The fourth-order valence-electron chi connectivity index (χ4n) is 2.44. The van der Waals surface area contributed by atoms with Gasteiger partial charge in [-0.15, -0.1) is 0 Å². The molecule has 0 aromatic heterocycles. The Morgan fingerprint density at radius 3 is 2.40 bits per heavy atom. The molecule has 0 spiro atoms. The maximum Gasteiger partial charge on any atom is 0.420 e. The second kappa shape index (κ2) is 6.35. The summed E-state index contributed by atoms with van der Waals surface area (Å²) in [6.45, 7) is 0.138. The standard InChI is InChI=1S/C14H16BrF3O2/c15-10-3-6-13(12(7-10)14(16,17)18)20-11-4-1-9(8-19)2-5-11/h3,6-7,9,11,19H,1-2,4-5,8H2. The van der Waals surface area contributed by atoms with Gasteiger partial charge in [-0.25, -0.2) is 0 Å². The third-order valence-electron chi connectivity index (χ3n) is 3.59. The third-order valence-corrected chi connectivity index (χ3v) is 4.09. The molecule has 20 heavy (non-hydrogen) atoms. The Morgan fingerprint density at radius 1 is 1.20 bits per heavy atom. The lowest BCUT2D eigenvalue weighted by molar-refractivity contribution is -0.139. The number of rotatable bonds is 3. The van der Waals surface area contributed by atoms with Crippen molar-refractivity contribution in [3.05, 3.63) is 28.2 Å². The lowest BCUT2D eigenvalue weighted by atomic mass is 9.88. The highest BCUT2D eigenvalue weighted by atomic mass is 79.9. The molecule has 0 radical (unpaired) electrons. The van der Waals surface area contributed by atoms with Gasteiger partial charge in [-0.1, -0.05) is 15.9 Å². The number of aliphatic hydroxyl groups is 1. The molecule has 0 amide bonds. The number of hydrogen-bond acceptors (Lipinski definition) is 2. The molecule has 1 aromatic carbocycles. The zero-order valence-corrected chi connectivity index (χ0v) is 12.4. The average molecular weight is 353 g/mol. The lowest BCUT2D eigenvalue weighted by Crippen LogP contribution is -2.26. The van der Waals surface area contributed by atoms with Crippen LogP contribution in [0, 0.1) is 5.92 Å². The molecular weight excluding hydrogens is 337 g/mol. The van der Waals surface area contributed by atoms with Gasteiger partial charge in [0.25, 0.3) is 0 Å². The first-order valence-electron chi connectivity index (χ1n) is 6.54. The van der Waals surface area contributed by atoms with Crippen molar-refractivity contribution in [2.45, 2.75) is 38.0 Å². The summed E-state index contributed by atoms with van der Waals surface area (Å²) in [5.74, 6) is 0.134. The monoisotopic (exact) mass is 352 g/mol. The molecular formula is C14H16BrF3O2. The van der Waals surface area contributed by atoms with E-state index in [-0.39, 0.29) is 24.4 Å². The van der Waals surface area contributed by atoms with Crippen LogP contribution in [0.25, 0.3) is 0 Å². The molecule has 0 unspecified atom stereocenters. The summed E-state index contributed by atoms with van der Waals surface area (Å²) < 4.78 is 44.8. The summed E-state index contributed by atoms with van der Waals surface area (Å²) in [5.41, 5.74) is -0.754. The van der Waals surface area contributed by atoms with Crippen LogP contribution in [0.5, 0.6) is 5.75 Å². The molecule has 0 aliphatic heterocycles. The molecule has 1 N–H and O–H groups in total. The Balaban J connectivity index is 2.10. The minimum absolute atomic E-state index is 0.117. The summed E-state index contributed by atoms with van der Waals surface area (Å²) in [4.78, 5) is 0. The van der Waals surface area contributed by atoms with E-state index in [1.807, 2.05) is 0 Å². The van der Waals surface area contributed by atoms with Crippen molar-refractivity contribution < 1.29 is 23.0 Å². The zero-order chi connectivity index (χ0) is 14.8. The molecule has 0 atom stereocenters. The van der Waals surface area contributed by atoms with E-state index in [1.165, 1.54) is 6.07 Å². The highest BCUT2D eigenvalue weighted by Gasteiger charge is 2.35. The second-order valence-corrected chi connectivity index (χ2v) is 6.00. The van der Waals surface area contributed by atoms with Crippen molar-refractivity contribution in [2.24, 2.45) is 5.92 Å². The summed E-state index contributed by atoms with van der Waals surface area (Å²) in [6, 6.07) is 3.93.